The van der Waals surface area contributed by atoms with Crippen LogP contribution in [0.15, 0.2) is 52.0 Å². The van der Waals surface area contributed by atoms with Crippen molar-refractivity contribution in [3.63, 3.8) is 0 Å². The lowest BCUT2D eigenvalue weighted by Gasteiger charge is -2.07. The number of carbonyl (C=O) groups is 1. The van der Waals surface area contributed by atoms with Crippen LogP contribution < -0.4 is 4.72 Å². The summed E-state index contributed by atoms with van der Waals surface area (Å²) in [5.74, 6) is 0.102. The zero-order valence-corrected chi connectivity index (χ0v) is 12.9. The number of hydrogen-bond donors (Lipinski definition) is 1. The molecule has 0 radical (unpaired) electrons. The number of anilines is 1. The third-order valence-electron chi connectivity index (χ3n) is 2.53. The summed E-state index contributed by atoms with van der Waals surface area (Å²) >= 11 is 3.24. The predicted molar refractivity (Wildman–Crippen MR) is 79.2 cm³/mol. The Labute approximate surface area is 125 Å². The van der Waals surface area contributed by atoms with E-state index in [0.717, 1.165) is 4.47 Å². The summed E-state index contributed by atoms with van der Waals surface area (Å²) in [6.45, 7) is 1.42. The van der Waals surface area contributed by atoms with E-state index in [1.165, 1.54) is 37.4 Å². The number of pyridine rings is 1. The minimum Gasteiger partial charge on any atom is -0.295 e. The maximum atomic E-state index is 12.1. The van der Waals surface area contributed by atoms with E-state index in [1.54, 1.807) is 12.1 Å². The van der Waals surface area contributed by atoms with Gasteiger partial charge in [0.05, 0.1) is 4.90 Å². The van der Waals surface area contributed by atoms with Gasteiger partial charge in [0.2, 0.25) is 0 Å². The van der Waals surface area contributed by atoms with Crippen LogP contribution in [0.2, 0.25) is 0 Å². The molecule has 0 spiro atoms. The largest absolute Gasteiger partial charge is 0.295 e. The molecule has 0 aliphatic carbocycles. The maximum Gasteiger partial charge on any atom is 0.263 e. The summed E-state index contributed by atoms with van der Waals surface area (Å²) in [6.07, 6.45) is 1.49. The normalized spacial score (nSPS) is 11.1. The van der Waals surface area contributed by atoms with Crippen LogP contribution >= 0.6 is 15.9 Å². The molecule has 0 aliphatic rings. The first kappa shape index (κ1) is 14.7. The molecule has 7 heteroatoms. The molecular formula is C13H11BrN2O3S. The van der Waals surface area contributed by atoms with Crippen molar-refractivity contribution < 1.29 is 13.2 Å². The van der Waals surface area contributed by atoms with Gasteiger partial charge in [0.25, 0.3) is 10.0 Å². The lowest BCUT2D eigenvalue weighted by Crippen LogP contribution is -2.14. The molecule has 0 bridgehead atoms. The van der Waals surface area contributed by atoms with E-state index in [-0.39, 0.29) is 16.5 Å². The number of sulfonamides is 1. The molecule has 2 rings (SSSR count). The first-order valence-electron chi connectivity index (χ1n) is 5.64. The van der Waals surface area contributed by atoms with Crippen molar-refractivity contribution in [2.24, 2.45) is 0 Å². The van der Waals surface area contributed by atoms with Gasteiger partial charge < -0.3 is 0 Å². The van der Waals surface area contributed by atoms with Gasteiger partial charge in [-0.1, -0.05) is 28.1 Å². The Morgan fingerprint density at radius 1 is 1.20 bits per heavy atom. The third kappa shape index (κ3) is 3.43. The molecule has 1 heterocycles. The van der Waals surface area contributed by atoms with Gasteiger partial charge in [-0.15, -0.1) is 0 Å². The van der Waals surface area contributed by atoms with Gasteiger partial charge in [-0.05, 0) is 31.2 Å². The van der Waals surface area contributed by atoms with E-state index in [9.17, 15) is 13.2 Å². The molecule has 0 aliphatic heterocycles. The number of benzene rings is 1. The SMILES string of the molecule is CC(=O)c1ccc(S(=O)(=O)Nc2cc(Br)ccn2)cc1. The maximum absolute atomic E-state index is 12.1. The van der Waals surface area contributed by atoms with E-state index >= 15 is 0 Å². The van der Waals surface area contributed by atoms with Crippen LogP contribution in [-0.4, -0.2) is 19.2 Å². The van der Waals surface area contributed by atoms with E-state index < -0.39 is 10.0 Å². The molecule has 0 fully saturated rings. The number of carbonyl (C=O) groups excluding carboxylic acids is 1. The van der Waals surface area contributed by atoms with Crippen LogP contribution in [0.3, 0.4) is 0 Å². The average molecular weight is 355 g/mol. The Morgan fingerprint density at radius 2 is 1.85 bits per heavy atom. The van der Waals surface area contributed by atoms with E-state index in [1.807, 2.05) is 0 Å². The molecule has 20 heavy (non-hydrogen) atoms. The highest BCUT2D eigenvalue weighted by Gasteiger charge is 2.15. The predicted octanol–water partition coefficient (Wildman–Crippen LogP) is 2.85. The Morgan fingerprint density at radius 3 is 2.40 bits per heavy atom. The zero-order chi connectivity index (χ0) is 14.8. The molecule has 0 atom stereocenters. The van der Waals surface area contributed by atoms with E-state index in [4.69, 9.17) is 0 Å². The van der Waals surface area contributed by atoms with Crippen LogP contribution in [0.5, 0.6) is 0 Å². The minimum absolute atomic E-state index is 0.0734. The molecule has 2 aromatic rings. The van der Waals surface area contributed by atoms with Gasteiger partial charge in [0.1, 0.15) is 5.82 Å². The highest BCUT2D eigenvalue weighted by Crippen LogP contribution is 2.18. The van der Waals surface area contributed by atoms with Crippen molar-refractivity contribution in [2.45, 2.75) is 11.8 Å². The van der Waals surface area contributed by atoms with Crippen LogP contribution in [0.4, 0.5) is 5.82 Å². The molecule has 0 amide bonds. The number of nitrogens with one attached hydrogen (secondary N) is 1. The molecule has 1 N–H and O–H groups in total. The Bertz CT molecular complexity index is 742. The Hall–Kier alpha value is -1.73. The lowest BCUT2D eigenvalue weighted by atomic mass is 10.2. The molecular weight excluding hydrogens is 344 g/mol. The second-order valence-corrected chi connectivity index (χ2v) is 6.64. The topological polar surface area (TPSA) is 76.1 Å². The van der Waals surface area contributed by atoms with Gasteiger partial charge >= 0.3 is 0 Å². The third-order valence-corrected chi connectivity index (χ3v) is 4.40. The summed E-state index contributed by atoms with van der Waals surface area (Å²) in [4.78, 5) is 15.1. The van der Waals surface area contributed by atoms with Crippen molar-refractivity contribution in [1.29, 1.82) is 0 Å². The van der Waals surface area contributed by atoms with Crippen LogP contribution in [0.25, 0.3) is 0 Å². The number of nitrogens with zero attached hydrogens (tertiary/aromatic N) is 1. The average Bonchev–Trinajstić information content (AvgIpc) is 2.38. The van der Waals surface area contributed by atoms with Crippen molar-refractivity contribution >= 4 is 37.6 Å². The number of rotatable bonds is 4. The summed E-state index contributed by atoms with van der Waals surface area (Å²) in [6, 6.07) is 8.98. The smallest absolute Gasteiger partial charge is 0.263 e. The molecule has 0 unspecified atom stereocenters. The summed E-state index contributed by atoms with van der Waals surface area (Å²) in [5.41, 5.74) is 0.463. The second kappa shape index (κ2) is 5.72. The van der Waals surface area contributed by atoms with Crippen LogP contribution in [-0.2, 0) is 10.0 Å². The van der Waals surface area contributed by atoms with Crippen molar-refractivity contribution in [3.05, 3.63) is 52.6 Å². The zero-order valence-electron chi connectivity index (χ0n) is 10.5. The Kier molecular flexibility index (Phi) is 4.20. The van der Waals surface area contributed by atoms with Gasteiger partial charge in [0.15, 0.2) is 5.78 Å². The quantitative estimate of drug-likeness (QED) is 0.856. The molecule has 0 saturated carbocycles. The number of hydrogen-bond acceptors (Lipinski definition) is 4. The first-order chi connectivity index (χ1) is 9.38. The fourth-order valence-electron chi connectivity index (χ4n) is 1.53. The van der Waals surface area contributed by atoms with Gasteiger partial charge in [0, 0.05) is 16.2 Å². The highest BCUT2D eigenvalue weighted by molar-refractivity contribution is 9.10. The first-order valence-corrected chi connectivity index (χ1v) is 7.91. The molecule has 1 aromatic carbocycles. The van der Waals surface area contributed by atoms with E-state index in [2.05, 4.69) is 25.6 Å². The van der Waals surface area contributed by atoms with Crippen LogP contribution in [0, 0.1) is 0 Å². The summed E-state index contributed by atoms with van der Waals surface area (Å²) < 4.78 is 27.4. The number of halogens is 1. The highest BCUT2D eigenvalue weighted by atomic mass is 79.9. The standard InChI is InChI=1S/C13H11BrN2O3S/c1-9(17)10-2-4-12(5-3-10)20(18,19)16-13-8-11(14)6-7-15-13/h2-8H,1H3,(H,15,16). The summed E-state index contributed by atoms with van der Waals surface area (Å²) in [7, 11) is -3.72. The Balaban J connectivity index is 2.28. The molecule has 1 aromatic heterocycles. The van der Waals surface area contributed by atoms with Crippen molar-refractivity contribution in [3.8, 4) is 0 Å². The minimum atomic E-state index is -3.72. The number of aromatic nitrogens is 1. The van der Waals surface area contributed by atoms with E-state index in [0.29, 0.717) is 5.56 Å². The van der Waals surface area contributed by atoms with Gasteiger partial charge in [-0.2, -0.15) is 0 Å². The monoisotopic (exact) mass is 354 g/mol. The van der Waals surface area contributed by atoms with Crippen LogP contribution in [0.1, 0.15) is 17.3 Å². The fraction of sp³-hybridized carbons (Fsp3) is 0.0769. The van der Waals surface area contributed by atoms with Crippen molar-refractivity contribution in [2.75, 3.05) is 4.72 Å². The molecule has 104 valence electrons. The lowest BCUT2D eigenvalue weighted by molar-refractivity contribution is 0.101. The van der Waals surface area contributed by atoms with Gasteiger partial charge in [-0.3, -0.25) is 9.52 Å². The summed E-state index contributed by atoms with van der Waals surface area (Å²) in [5, 5.41) is 0. The molecule has 0 saturated heterocycles. The second-order valence-electron chi connectivity index (χ2n) is 4.05. The van der Waals surface area contributed by atoms with Crippen molar-refractivity contribution in [1.82, 2.24) is 4.98 Å². The molecule has 5 nitrogen and oxygen atoms in total. The van der Waals surface area contributed by atoms with Gasteiger partial charge in [-0.25, -0.2) is 13.4 Å². The fourth-order valence-corrected chi connectivity index (χ4v) is 2.86. The number of ketones is 1. The number of Topliss-reactive ketones (excluding diaryl/α,β-unsaturated/α-hetero) is 1.